The van der Waals surface area contributed by atoms with Crippen LogP contribution in [0.2, 0.25) is 0 Å². The lowest BCUT2D eigenvalue weighted by Crippen LogP contribution is -2.48. The summed E-state index contributed by atoms with van der Waals surface area (Å²) in [4.78, 5) is 34.7. The predicted molar refractivity (Wildman–Crippen MR) is 123 cm³/mol. The maximum Gasteiger partial charge on any atom is 0.409 e. The summed E-state index contributed by atoms with van der Waals surface area (Å²) in [7, 11) is 1.35. The predicted octanol–water partition coefficient (Wildman–Crippen LogP) is 3.50. The van der Waals surface area contributed by atoms with E-state index in [4.69, 9.17) is 9.26 Å². The first kappa shape index (κ1) is 21.4. The summed E-state index contributed by atoms with van der Waals surface area (Å²) >= 11 is 0. The highest BCUT2D eigenvalue weighted by atomic mass is 16.5. The second-order valence-corrected chi connectivity index (χ2v) is 8.21. The zero-order chi connectivity index (χ0) is 23.8. The molecule has 11 nitrogen and oxygen atoms in total. The Hall–Kier alpha value is -4.41. The van der Waals surface area contributed by atoms with Crippen molar-refractivity contribution in [1.29, 1.82) is 0 Å². The number of fused-ring (bicyclic) bond motifs is 1. The Balaban J connectivity index is 1.27. The van der Waals surface area contributed by atoms with Crippen molar-refractivity contribution in [2.24, 2.45) is 0 Å². The molecule has 4 heterocycles. The molecule has 0 atom stereocenters. The van der Waals surface area contributed by atoms with Crippen LogP contribution in [0, 0.1) is 13.8 Å². The number of rotatable bonds is 5. The molecule has 1 fully saturated rings. The van der Waals surface area contributed by atoms with Crippen LogP contribution in [-0.4, -0.2) is 56.6 Å². The number of pyridine rings is 1. The topological polar surface area (TPSA) is 127 Å². The number of benzene rings is 1. The van der Waals surface area contributed by atoms with Crippen molar-refractivity contribution in [1.82, 2.24) is 24.4 Å². The molecule has 3 aromatic heterocycles. The first-order chi connectivity index (χ1) is 16.4. The van der Waals surface area contributed by atoms with Gasteiger partial charge in [0.25, 0.3) is 11.9 Å². The van der Waals surface area contributed by atoms with Gasteiger partial charge in [0.1, 0.15) is 11.3 Å². The number of anilines is 3. The number of hydrogen-bond donors (Lipinski definition) is 2. The summed E-state index contributed by atoms with van der Waals surface area (Å²) in [6.45, 7) is 4.83. The lowest BCUT2D eigenvalue weighted by molar-refractivity contribution is 0.0804. The molecule has 1 aliphatic heterocycles. The minimum absolute atomic E-state index is 0.0238. The van der Waals surface area contributed by atoms with Gasteiger partial charge < -0.3 is 24.8 Å². The molecule has 0 bridgehead atoms. The molecule has 0 unspecified atom stereocenters. The molecule has 2 N–H and O–H groups in total. The van der Waals surface area contributed by atoms with Crippen LogP contribution in [0.25, 0.3) is 5.65 Å². The molecule has 0 spiro atoms. The number of aromatic nitrogens is 4. The zero-order valence-electron chi connectivity index (χ0n) is 18.9. The third-order valence-electron chi connectivity index (χ3n) is 5.75. The van der Waals surface area contributed by atoms with E-state index in [1.807, 2.05) is 44.3 Å². The van der Waals surface area contributed by atoms with Crippen molar-refractivity contribution in [2.75, 3.05) is 30.8 Å². The number of imidazole rings is 1. The monoisotopic (exact) mass is 461 g/mol. The lowest BCUT2D eigenvalue weighted by Gasteiger charge is -2.35. The highest BCUT2D eigenvalue weighted by molar-refractivity contribution is 6.04. The van der Waals surface area contributed by atoms with Crippen molar-refractivity contribution >= 4 is 35.0 Å². The maximum absolute atomic E-state index is 12.9. The van der Waals surface area contributed by atoms with Crippen LogP contribution in [0.15, 0.2) is 47.2 Å². The molecule has 1 saturated heterocycles. The highest BCUT2D eigenvalue weighted by Crippen LogP contribution is 2.28. The SMILES string of the molecule is COC(=O)N1CC(c2nc(Nc3ccc(C)c(NC(=O)c4cnc5cc(C)ccn45)c3)no2)C1. The van der Waals surface area contributed by atoms with E-state index in [-0.39, 0.29) is 17.9 Å². The molecule has 11 heteroatoms. The van der Waals surface area contributed by atoms with Gasteiger partial charge >= 0.3 is 6.09 Å². The van der Waals surface area contributed by atoms with E-state index in [9.17, 15) is 9.59 Å². The smallest absolute Gasteiger partial charge is 0.409 e. The molecule has 1 aromatic carbocycles. The first-order valence-electron chi connectivity index (χ1n) is 10.7. The van der Waals surface area contributed by atoms with Crippen LogP contribution in [0.4, 0.5) is 22.1 Å². The normalized spacial score (nSPS) is 13.6. The molecular weight excluding hydrogens is 438 g/mol. The molecule has 34 heavy (non-hydrogen) atoms. The summed E-state index contributed by atoms with van der Waals surface area (Å²) < 4.78 is 11.8. The number of amides is 2. The van der Waals surface area contributed by atoms with Crippen molar-refractivity contribution in [3.8, 4) is 0 Å². The van der Waals surface area contributed by atoms with Gasteiger partial charge in [0, 0.05) is 30.7 Å². The van der Waals surface area contributed by atoms with Crippen molar-refractivity contribution < 1.29 is 18.8 Å². The van der Waals surface area contributed by atoms with Gasteiger partial charge in [-0.1, -0.05) is 6.07 Å². The largest absolute Gasteiger partial charge is 0.453 e. The van der Waals surface area contributed by atoms with Crippen LogP contribution < -0.4 is 10.6 Å². The minimum atomic E-state index is -0.373. The maximum atomic E-state index is 12.9. The number of ether oxygens (including phenoxy) is 1. The van der Waals surface area contributed by atoms with E-state index in [1.54, 1.807) is 21.6 Å². The number of nitrogens with one attached hydrogen (secondary N) is 2. The van der Waals surface area contributed by atoms with E-state index >= 15 is 0 Å². The summed E-state index contributed by atoms with van der Waals surface area (Å²) in [5, 5.41) is 10.0. The lowest BCUT2D eigenvalue weighted by atomic mass is 10.0. The Morgan fingerprint density at radius 2 is 2.00 bits per heavy atom. The number of hydrogen-bond acceptors (Lipinski definition) is 8. The highest BCUT2D eigenvalue weighted by Gasteiger charge is 2.36. The van der Waals surface area contributed by atoms with Gasteiger partial charge in [0.2, 0.25) is 5.89 Å². The Labute approximate surface area is 194 Å². The Morgan fingerprint density at radius 1 is 1.18 bits per heavy atom. The van der Waals surface area contributed by atoms with E-state index in [2.05, 4.69) is 25.8 Å². The second kappa shape index (κ2) is 8.50. The molecule has 2 amide bonds. The summed E-state index contributed by atoms with van der Waals surface area (Å²) in [5.74, 6) is 0.457. The van der Waals surface area contributed by atoms with Crippen LogP contribution in [0.1, 0.15) is 33.4 Å². The van der Waals surface area contributed by atoms with Crippen LogP contribution in [0.3, 0.4) is 0 Å². The van der Waals surface area contributed by atoms with Gasteiger partial charge in [0.15, 0.2) is 0 Å². The summed E-state index contributed by atoms with van der Waals surface area (Å²) in [5.41, 5.74) is 4.46. The second-order valence-electron chi connectivity index (χ2n) is 8.21. The van der Waals surface area contributed by atoms with Gasteiger partial charge in [-0.15, -0.1) is 0 Å². The van der Waals surface area contributed by atoms with E-state index in [0.717, 1.165) is 11.1 Å². The number of aryl methyl sites for hydroxylation is 2. The van der Waals surface area contributed by atoms with E-state index in [0.29, 0.717) is 47.6 Å². The van der Waals surface area contributed by atoms with Crippen molar-refractivity contribution in [3.05, 3.63) is 65.4 Å². The third kappa shape index (κ3) is 4.03. The van der Waals surface area contributed by atoms with E-state index < -0.39 is 0 Å². The standard InChI is InChI=1S/C23H23N7O4/c1-13-6-7-30-18(10-24-19(30)8-13)20(31)26-17-9-16(5-4-14(17)2)25-22-27-21(34-28-22)15-11-29(12-15)23(32)33-3/h4-10,15H,11-12H2,1-3H3,(H,25,28)(H,26,31). The van der Waals surface area contributed by atoms with Crippen LogP contribution in [0.5, 0.6) is 0 Å². The molecule has 0 radical (unpaired) electrons. The summed E-state index contributed by atoms with van der Waals surface area (Å²) in [6, 6.07) is 9.40. The number of carbonyl (C=O) groups excluding carboxylic acids is 2. The zero-order valence-corrected chi connectivity index (χ0v) is 18.9. The number of carbonyl (C=O) groups is 2. The molecule has 1 aliphatic rings. The van der Waals surface area contributed by atoms with Crippen LogP contribution >= 0.6 is 0 Å². The minimum Gasteiger partial charge on any atom is -0.453 e. The average molecular weight is 461 g/mol. The van der Waals surface area contributed by atoms with Crippen LogP contribution in [-0.2, 0) is 4.74 Å². The van der Waals surface area contributed by atoms with Crippen molar-refractivity contribution in [3.63, 3.8) is 0 Å². The third-order valence-corrected chi connectivity index (χ3v) is 5.75. The quantitative estimate of drug-likeness (QED) is 0.462. The molecule has 174 valence electrons. The number of methoxy groups -OCH3 is 1. The molecule has 0 saturated carbocycles. The number of likely N-dealkylation sites (tertiary alicyclic amines) is 1. The Morgan fingerprint density at radius 3 is 2.79 bits per heavy atom. The molecule has 4 aromatic rings. The summed E-state index contributed by atoms with van der Waals surface area (Å²) in [6.07, 6.45) is 3.02. The average Bonchev–Trinajstić information content (AvgIpc) is 3.41. The van der Waals surface area contributed by atoms with E-state index in [1.165, 1.54) is 7.11 Å². The Kier molecular flexibility index (Phi) is 5.36. The fourth-order valence-electron chi connectivity index (χ4n) is 3.77. The van der Waals surface area contributed by atoms with Gasteiger partial charge in [0.05, 0.1) is 19.2 Å². The Bertz CT molecular complexity index is 1390. The fraction of sp³-hybridized carbons (Fsp3) is 0.261. The molecule has 5 rings (SSSR count). The first-order valence-corrected chi connectivity index (χ1v) is 10.7. The molecule has 0 aliphatic carbocycles. The van der Waals surface area contributed by atoms with Gasteiger partial charge in [-0.3, -0.25) is 9.20 Å². The van der Waals surface area contributed by atoms with Crippen molar-refractivity contribution in [2.45, 2.75) is 19.8 Å². The van der Waals surface area contributed by atoms with Gasteiger partial charge in [-0.2, -0.15) is 4.98 Å². The molecular formula is C23H23N7O4. The van der Waals surface area contributed by atoms with Gasteiger partial charge in [-0.05, 0) is 54.4 Å². The number of nitrogens with zero attached hydrogens (tertiary/aromatic N) is 5. The fourth-order valence-corrected chi connectivity index (χ4v) is 3.77. The van der Waals surface area contributed by atoms with Gasteiger partial charge in [-0.25, -0.2) is 9.78 Å².